The SMILES string of the molecule is Cc1nc2cc(OCC=O)c(N(C)C)cc2c(=O)[nH]1. The van der Waals surface area contributed by atoms with Crippen molar-refractivity contribution in [2.24, 2.45) is 0 Å². The number of fused-ring (bicyclic) bond motifs is 1. The van der Waals surface area contributed by atoms with Crippen molar-refractivity contribution in [3.8, 4) is 5.75 Å². The van der Waals surface area contributed by atoms with E-state index in [1.807, 2.05) is 19.0 Å². The van der Waals surface area contributed by atoms with Gasteiger partial charge in [0.1, 0.15) is 18.2 Å². The Kier molecular flexibility index (Phi) is 3.50. The number of aldehydes is 1. The molecule has 0 saturated heterocycles. The first-order valence-electron chi connectivity index (χ1n) is 5.81. The highest BCUT2D eigenvalue weighted by Gasteiger charge is 2.11. The summed E-state index contributed by atoms with van der Waals surface area (Å²) in [6, 6.07) is 3.39. The molecule has 19 heavy (non-hydrogen) atoms. The third-order valence-corrected chi connectivity index (χ3v) is 2.69. The second-order valence-corrected chi connectivity index (χ2v) is 4.36. The fourth-order valence-electron chi connectivity index (χ4n) is 1.86. The molecule has 2 aromatic rings. The normalized spacial score (nSPS) is 10.5. The Morgan fingerprint density at radius 1 is 1.42 bits per heavy atom. The molecule has 0 atom stereocenters. The molecule has 2 rings (SSSR count). The number of aromatic nitrogens is 2. The lowest BCUT2D eigenvalue weighted by Gasteiger charge is -2.17. The molecule has 6 heteroatoms. The maximum atomic E-state index is 11.9. The Balaban J connectivity index is 2.68. The predicted octanol–water partition coefficient (Wildman–Crippen LogP) is 0.875. The maximum absolute atomic E-state index is 11.9. The number of aryl methyl sites for hydroxylation is 1. The van der Waals surface area contributed by atoms with Crippen LogP contribution in [-0.2, 0) is 4.79 Å². The smallest absolute Gasteiger partial charge is 0.258 e. The largest absolute Gasteiger partial charge is 0.484 e. The van der Waals surface area contributed by atoms with Crippen LogP contribution >= 0.6 is 0 Å². The number of nitrogens with one attached hydrogen (secondary N) is 1. The zero-order valence-corrected chi connectivity index (χ0v) is 11.1. The zero-order valence-electron chi connectivity index (χ0n) is 11.1. The Morgan fingerprint density at radius 2 is 2.16 bits per heavy atom. The third-order valence-electron chi connectivity index (χ3n) is 2.69. The topological polar surface area (TPSA) is 75.3 Å². The van der Waals surface area contributed by atoms with Crippen LogP contribution in [0.3, 0.4) is 0 Å². The van der Waals surface area contributed by atoms with Gasteiger partial charge >= 0.3 is 0 Å². The molecule has 1 aromatic carbocycles. The highest BCUT2D eigenvalue weighted by atomic mass is 16.5. The minimum Gasteiger partial charge on any atom is -0.484 e. The summed E-state index contributed by atoms with van der Waals surface area (Å²) in [4.78, 5) is 31.1. The summed E-state index contributed by atoms with van der Waals surface area (Å²) < 4.78 is 5.37. The second-order valence-electron chi connectivity index (χ2n) is 4.36. The van der Waals surface area contributed by atoms with E-state index in [1.165, 1.54) is 0 Å². The van der Waals surface area contributed by atoms with Crippen molar-refractivity contribution in [2.45, 2.75) is 6.92 Å². The molecular weight excluding hydrogens is 246 g/mol. The minimum absolute atomic E-state index is 0.0332. The van der Waals surface area contributed by atoms with Crippen LogP contribution < -0.4 is 15.2 Å². The number of nitrogens with zero attached hydrogens (tertiary/aromatic N) is 2. The summed E-state index contributed by atoms with van der Waals surface area (Å²) in [5.74, 6) is 1.07. The van der Waals surface area contributed by atoms with Crippen LogP contribution in [0.1, 0.15) is 5.82 Å². The summed E-state index contributed by atoms with van der Waals surface area (Å²) in [7, 11) is 3.68. The lowest BCUT2D eigenvalue weighted by molar-refractivity contribution is -0.109. The van der Waals surface area contributed by atoms with Crippen molar-refractivity contribution >= 4 is 22.9 Å². The Morgan fingerprint density at radius 3 is 2.79 bits per heavy atom. The first-order valence-corrected chi connectivity index (χ1v) is 5.81. The predicted molar refractivity (Wildman–Crippen MR) is 73.0 cm³/mol. The molecule has 100 valence electrons. The number of hydrogen-bond donors (Lipinski definition) is 1. The van der Waals surface area contributed by atoms with Crippen LogP contribution in [-0.4, -0.2) is 37.0 Å². The molecular formula is C13H15N3O3. The average Bonchev–Trinajstić information content (AvgIpc) is 2.34. The molecule has 0 aliphatic heterocycles. The van der Waals surface area contributed by atoms with Gasteiger partial charge in [0, 0.05) is 20.2 Å². The first-order chi connectivity index (χ1) is 9.02. The van der Waals surface area contributed by atoms with E-state index in [0.717, 1.165) is 5.69 Å². The van der Waals surface area contributed by atoms with Crippen molar-refractivity contribution in [2.75, 3.05) is 25.6 Å². The van der Waals surface area contributed by atoms with Gasteiger partial charge in [0.15, 0.2) is 6.29 Å². The highest BCUT2D eigenvalue weighted by Crippen LogP contribution is 2.30. The van der Waals surface area contributed by atoms with Gasteiger partial charge in [0.05, 0.1) is 16.6 Å². The van der Waals surface area contributed by atoms with Crippen LogP contribution in [0.15, 0.2) is 16.9 Å². The molecule has 0 unspecified atom stereocenters. The lowest BCUT2D eigenvalue weighted by atomic mass is 10.2. The van der Waals surface area contributed by atoms with E-state index >= 15 is 0 Å². The van der Waals surface area contributed by atoms with Gasteiger partial charge in [0.2, 0.25) is 0 Å². The van der Waals surface area contributed by atoms with Crippen molar-refractivity contribution in [1.29, 1.82) is 0 Å². The van der Waals surface area contributed by atoms with Crippen molar-refractivity contribution in [3.63, 3.8) is 0 Å². The van der Waals surface area contributed by atoms with Crippen LogP contribution in [0, 0.1) is 6.92 Å². The van der Waals surface area contributed by atoms with Crippen LogP contribution in [0.2, 0.25) is 0 Å². The number of benzene rings is 1. The molecule has 0 aliphatic carbocycles. The highest BCUT2D eigenvalue weighted by molar-refractivity contribution is 5.85. The Labute approximate surface area is 110 Å². The maximum Gasteiger partial charge on any atom is 0.258 e. The summed E-state index contributed by atoms with van der Waals surface area (Å²) >= 11 is 0. The molecule has 0 radical (unpaired) electrons. The van der Waals surface area contributed by atoms with E-state index in [4.69, 9.17) is 4.74 Å². The molecule has 0 amide bonds. The van der Waals surface area contributed by atoms with E-state index in [1.54, 1.807) is 19.1 Å². The van der Waals surface area contributed by atoms with Gasteiger partial charge in [-0.1, -0.05) is 0 Å². The van der Waals surface area contributed by atoms with E-state index < -0.39 is 0 Å². The standard InChI is InChI=1S/C13H15N3O3/c1-8-14-10-7-12(19-5-4-17)11(16(2)3)6-9(10)13(18)15-8/h4,6-7H,5H2,1-3H3,(H,14,15,18). The van der Waals surface area contributed by atoms with Crippen molar-refractivity contribution in [3.05, 3.63) is 28.3 Å². The van der Waals surface area contributed by atoms with Crippen molar-refractivity contribution in [1.82, 2.24) is 9.97 Å². The quantitative estimate of drug-likeness (QED) is 0.827. The van der Waals surface area contributed by atoms with Crippen LogP contribution in [0.4, 0.5) is 5.69 Å². The summed E-state index contributed by atoms with van der Waals surface area (Å²) in [6.07, 6.45) is 0.681. The van der Waals surface area contributed by atoms with E-state index in [9.17, 15) is 9.59 Å². The van der Waals surface area contributed by atoms with Gasteiger partial charge in [-0.25, -0.2) is 4.98 Å². The molecule has 1 heterocycles. The number of carbonyl (C=O) groups excluding carboxylic acids is 1. The molecule has 1 N–H and O–H groups in total. The monoisotopic (exact) mass is 261 g/mol. The molecule has 0 bridgehead atoms. The van der Waals surface area contributed by atoms with E-state index in [2.05, 4.69) is 9.97 Å². The summed E-state index contributed by atoms with van der Waals surface area (Å²) in [5, 5.41) is 0.493. The fourth-order valence-corrected chi connectivity index (χ4v) is 1.86. The third kappa shape index (κ3) is 2.57. The number of aromatic amines is 1. The molecule has 0 aliphatic rings. The number of H-pyrrole nitrogens is 1. The van der Waals surface area contributed by atoms with Gasteiger partial charge in [0.25, 0.3) is 5.56 Å². The summed E-state index contributed by atoms with van der Waals surface area (Å²) in [6.45, 7) is 1.68. The molecule has 0 spiro atoms. The van der Waals surface area contributed by atoms with Crippen LogP contribution in [0.25, 0.3) is 10.9 Å². The first kappa shape index (κ1) is 13.1. The number of hydrogen-bond acceptors (Lipinski definition) is 5. The molecule has 6 nitrogen and oxygen atoms in total. The number of rotatable bonds is 4. The number of carbonyl (C=O) groups is 1. The Bertz CT molecular complexity index is 677. The van der Waals surface area contributed by atoms with E-state index in [0.29, 0.717) is 28.8 Å². The van der Waals surface area contributed by atoms with Crippen LogP contribution in [0.5, 0.6) is 5.75 Å². The van der Waals surface area contributed by atoms with Crippen molar-refractivity contribution < 1.29 is 9.53 Å². The number of anilines is 1. The minimum atomic E-state index is -0.187. The average molecular weight is 261 g/mol. The van der Waals surface area contributed by atoms with Gasteiger partial charge in [-0.2, -0.15) is 0 Å². The van der Waals surface area contributed by atoms with Gasteiger partial charge in [-0.3, -0.25) is 9.59 Å². The van der Waals surface area contributed by atoms with E-state index in [-0.39, 0.29) is 12.2 Å². The lowest BCUT2D eigenvalue weighted by Crippen LogP contribution is -2.14. The van der Waals surface area contributed by atoms with Gasteiger partial charge in [-0.05, 0) is 13.0 Å². The second kappa shape index (κ2) is 5.09. The van der Waals surface area contributed by atoms with Gasteiger partial charge < -0.3 is 14.6 Å². The fraction of sp³-hybridized carbons (Fsp3) is 0.308. The molecule has 0 fully saturated rings. The Hall–Kier alpha value is -2.37. The molecule has 1 aromatic heterocycles. The molecule has 0 saturated carbocycles. The number of ether oxygens (including phenoxy) is 1. The summed E-state index contributed by atoms with van der Waals surface area (Å²) in [5.41, 5.74) is 1.09. The van der Waals surface area contributed by atoms with Gasteiger partial charge in [-0.15, -0.1) is 0 Å². The zero-order chi connectivity index (χ0) is 14.0.